The highest BCUT2D eigenvalue weighted by atomic mass is 35.5. The van der Waals surface area contributed by atoms with Gasteiger partial charge in [0.15, 0.2) is 5.78 Å². The molecule has 0 spiro atoms. The van der Waals surface area contributed by atoms with Crippen molar-refractivity contribution < 1.29 is 22.7 Å². The maximum Gasteiger partial charge on any atom is 0.244 e. The molecule has 0 saturated heterocycles. The number of hydrogen-bond donors (Lipinski definition) is 2. The maximum absolute atomic E-state index is 13.0. The second kappa shape index (κ2) is 10.2. The van der Waals surface area contributed by atoms with Gasteiger partial charge in [0, 0.05) is 16.1 Å². The molecular weight excluding hydrogens is 464 g/mol. The number of nitrogens with one attached hydrogen (secondary N) is 2. The molecule has 7 nitrogen and oxygen atoms in total. The molecule has 0 bridgehead atoms. The summed E-state index contributed by atoms with van der Waals surface area (Å²) in [6.07, 6.45) is 0. The zero-order valence-corrected chi connectivity index (χ0v) is 19.8. The second-order valence-electron chi connectivity index (χ2n) is 7.37. The minimum Gasteiger partial charge on any atom is -0.495 e. The molecule has 3 aromatic rings. The number of benzene rings is 3. The number of amides is 1. The van der Waals surface area contributed by atoms with E-state index < -0.39 is 22.0 Å². The van der Waals surface area contributed by atoms with Gasteiger partial charge < -0.3 is 10.1 Å². The molecule has 0 aliphatic heterocycles. The van der Waals surface area contributed by atoms with Crippen molar-refractivity contribution in [2.24, 2.45) is 0 Å². The molecule has 0 aliphatic rings. The summed E-state index contributed by atoms with van der Waals surface area (Å²) in [6.45, 7) is 3.16. The van der Waals surface area contributed by atoms with Gasteiger partial charge in [0.2, 0.25) is 15.9 Å². The zero-order valence-electron chi connectivity index (χ0n) is 18.3. The van der Waals surface area contributed by atoms with Crippen LogP contribution in [-0.4, -0.2) is 33.3 Å². The Morgan fingerprint density at radius 2 is 1.70 bits per heavy atom. The molecule has 1 atom stereocenters. The summed E-state index contributed by atoms with van der Waals surface area (Å²) in [7, 11) is -2.70. The fourth-order valence-corrected chi connectivity index (χ4v) is 4.77. The van der Waals surface area contributed by atoms with Gasteiger partial charge in [-0.3, -0.25) is 9.59 Å². The number of ketones is 1. The van der Waals surface area contributed by atoms with E-state index in [0.29, 0.717) is 10.6 Å². The molecule has 0 saturated carbocycles. The van der Waals surface area contributed by atoms with E-state index in [1.165, 1.54) is 38.3 Å². The number of rotatable bonds is 8. The molecule has 1 amide bonds. The predicted octanol–water partition coefficient (Wildman–Crippen LogP) is 4.19. The summed E-state index contributed by atoms with van der Waals surface area (Å²) in [4.78, 5) is 25.7. The monoisotopic (exact) mass is 486 g/mol. The van der Waals surface area contributed by atoms with Crippen LogP contribution >= 0.6 is 11.6 Å². The average Bonchev–Trinajstić information content (AvgIpc) is 2.80. The van der Waals surface area contributed by atoms with E-state index in [0.717, 1.165) is 5.56 Å². The Kier molecular flexibility index (Phi) is 7.53. The maximum atomic E-state index is 13.0. The Bertz CT molecular complexity index is 1290. The fraction of sp³-hybridized carbons (Fsp3) is 0.167. The van der Waals surface area contributed by atoms with Crippen LogP contribution in [0.1, 0.15) is 28.4 Å². The van der Waals surface area contributed by atoms with Crippen LogP contribution in [0.2, 0.25) is 5.02 Å². The third-order valence-electron chi connectivity index (χ3n) is 4.85. The van der Waals surface area contributed by atoms with Crippen molar-refractivity contribution in [3.63, 3.8) is 0 Å². The van der Waals surface area contributed by atoms with E-state index in [9.17, 15) is 18.0 Å². The Balaban J connectivity index is 1.83. The largest absolute Gasteiger partial charge is 0.495 e. The first kappa shape index (κ1) is 24.4. The standard InChI is InChI=1S/C24H23ClN2O5S/c1-15-9-12-21(32-3)22(13-15)33(30,31)27-16(2)24(29)26-20-11-10-18(25)14-19(20)23(28)17-7-5-4-6-8-17/h4-14,16,27H,1-3H3,(H,26,29)/t16-/m1/s1. The summed E-state index contributed by atoms with van der Waals surface area (Å²) in [5.41, 5.74) is 1.56. The summed E-state index contributed by atoms with van der Waals surface area (Å²) in [6, 6.07) is 16.6. The number of carbonyl (C=O) groups is 2. The van der Waals surface area contributed by atoms with Gasteiger partial charge in [-0.1, -0.05) is 48.0 Å². The number of halogens is 1. The van der Waals surface area contributed by atoms with Crippen LogP contribution in [0.5, 0.6) is 5.75 Å². The van der Waals surface area contributed by atoms with E-state index in [1.807, 2.05) is 0 Å². The third kappa shape index (κ3) is 5.78. The van der Waals surface area contributed by atoms with Crippen molar-refractivity contribution in [3.05, 3.63) is 88.4 Å². The molecule has 33 heavy (non-hydrogen) atoms. The van der Waals surface area contributed by atoms with E-state index in [-0.39, 0.29) is 27.7 Å². The first-order valence-corrected chi connectivity index (χ1v) is 11.9. The number of aryl methyl sites for hydroxylation is 1. The summed E-state index contributed by atoms with van der Waals surface area (Å²) < 4.78 is 33.3. The molecule has 0 fully saturated rings. The van der Waals surface area contributed by atoms with Crippen LogP contribution in [0.4, 0.5) is 5.69 Å². The quantitative estimate of drug-likeness (QED) is 0.465. The molecule has 172 valence electrons. The Morgan fingerprint density at radius 1 is 1.00 bits per heavy atom. The lowest BCUT2D eigenvalue weighted by Crippen LogP contribution is -2.41. The molecule has 0 unspecified atom stereocenters. The minimum atomic E-state index is -4.06. The summed E-state index contributed by atoms with van der Waals surface area (Å²) in [5.74, 6) is -0.810. The number of sulfonamides is 1. The lowest BCUT2D eigenvalue weighted by Gasteiger charge is -2.17. The van der Waals surface area contributed by atoms with Gasteiger partial charge in [-0.15, -0.1) is 0 Å². The minimum absolute atomic E-state index is 0.0731. The average molecular weight is 487 g/mol. The Hall–Kier alpha value is -3.20. The van der Waals surface area contributed by atoms with Crippen molar-refractivity contribution in [1.29, 1.82) is 0 Å². The van der Waals surface area contributed by atoms with Crippen LogP contribution in [0.15, 0.2) is 71.6 Å². The molecule has 0 aromatic heterocycles. The number of carbonyl (C=O) groups excluding carboxylic acids is 2. The zero-order chi connectivity index (χ0) is 24.2. The van der Waals surface area contributed by atoms with Crippen molar-refractivity contribution in [2.45, 2.75) is 24.8 Å². The Labute approximate surface area is 197 Å². The highest BCUT2D eigenvalue weighted by molar-refractivity contribution is 7.89. The number of anilines is 1. The van der Waals surface area contributed by atoms with Gasteiger partial charge in [-0.25, -0.2) is 8.42 Å². The summed E-state index contributed by atoms with van der Waals surface area (Å²) >= 11 is 6.08. The van der Waals surface area contributed by atoms with Crippen molar-refractivity contribution in [3.8, 4) is 5.75 Å². The molecule has 3 aromatic carbocycles. The predicted molar refractivity (Wildman–Crippen MR) is 127 cm³/mol. The van der Waals surface area contributed by atoms with Gasteiger partial charge in [0.25, 0.3) is 0 Å². The topological polar surface area (TPSA) is 102 Å². The molecule has 0 heterocycles. The smallest absolute Gasteiger partial charge is 0.244 e. The lowest BCUT2D eigenvalue weighted by molar-refractivity contribution is -0.117. The molecule has 9 heteroatoms. The molecule has 0 radical (unpaired) electrons. The van der Waals surface area contributed by atoms with Gasteiger partial charge >= 0.3 is 0 Å². The van der Waals surface area contributed by atoms with Gasteiger partial charge in [-0.05, 0) is 49.7 Å². The van der Waals surface area contributed by atoms with Crippen molar-refractivity contribution in [1.82, 2.24) is 4.72 Å². The van der Waals surface area contributed by atoms with Crippen molar-refractivity contribution in [2.75, 3.05) is 12.4 Å². The highest BCUT2D eigenvalue weighted by Crippen LogP contribution is 2.26. The normalized spacial score (nSPS) is 12.1. The molecule has 2 N–H and O–H groups in total. The van der Waals surface area contributed by atoms with Gasteiger partial charge in [0.05, 0.1) is 18.8 Å². The van der Waals surface area contributed by atoms with E-state index >= 15 is 0 Å². The van der Waals surface area contributed by atoms with Crippen LogP contribution < -0.4 is 14.8 Å². The summed E-state index contributed by atoms with van der Waals surface area (Å²) in [5, 5.41) is 2.95. The van der Waals surface area contributed by atoms with E-state index in [4.69, 9.17) is 16.3 Å². The van der Waals surface area contributed by atoms with Crippen LogP contribution in [0.25, 0.3) is 0 Å². The highest BCUT2D eigenvalue weighted by Gasteiger charge is 2.26. The third-order valence-corrected chi connectivity index (χ3v) is 6.65. The van der Waals surface area contributed by atoms with Gasteiger partial charge in [-0.2, -0.15) is 4.72 Å². The Morgan fingerprint density at radius 3 is 2.36 bits per heavy atom. The molecule has 0 aliphatic carbocycles. The first-order valence-electron chi connectivity index (χ1n) is 9.99. The first-order chi connectivity index (χ1) is 15.6. The molecular formula is C24H23ClN2O5S. The van der Waals surface area contributed by atoms with E-state index in [2.05, 4.69) is 10.0 Å². The van der Waals surface area contributed by atoms with Crippen LogP contribution in [0.3, 0.4) is 0 Å². The lowest BCUT2D eigenvalue weighted by atomic mass is 10.0. The number of hydrogen-bond acceptors (Lipinski definition) is 5. The van der Waals surface area contributed by atoms with Crippen LogP contribution in [0, 0.1) is 6.92 Å². The van der Waals surface area contributed by atoms with Crippen molar-refractivity contribution >= 4 is 39.0 Å². The van der Waals surface area contributed by atoms with Crippen LogP contribution in [-0.2, 0) is 14.8 Å². The van der Waals surface area contributed by atoms with E-state index in [1.54, 1.807) is 49.4 Å². The number of ether oxygens (including phenoxy) is 1. The fourth-order valence-electron chi connectivity index (χ4n) is 3.14. The van der Waals surface area contributed by atoms with Gasteiger partial charge in [0.1, 0.15) is 10.6 Å². The second-order valence-corrected chi connectivity index (χ2v) is 9.49. The number of methoxy groups -OCH3 is 1. The molecule has 3 rings (SSSR count). The SMILES string of the molecule is COc1ccc(C)cc1S(=O)(=O)N[C@H](C)C(=O)Nc1ccc(Cl)cc1C(=O)c1ccccc1.